The Bertz CT molecular complexity index is 671. The largest absolute Gasteiger partial charge is 0.494 e. The first-order valence-electron chi connectivity index (χ1n) is 8.39. The molecule has 1 aromatic carbocycles. The molecule has 1 N–H and O–H groups in total. The van der Waals surface area contributed by atoms with E-state index >= 15 is 0 Å². The molecule has 6 heteroatoms. The molecule has 1 unspecified atom stereocenters. The minimum absolute atomic E-state index is 0.0555. The number of carbonyl (C=O) groups excluding carboxylic acids is 1. The van der Waals surface area contributed by atoms with Gasteiger partial charge in [-0.25, -0.2) is 4.39 Å². The van der Waals surface area contributed by atoms with Gasteiger partial charge in [-0.1, -0.05) is 11.6 Å². The molecule has 25 heavy (non-hydrogen) atoms. The number of carbonyl (C=O) groups is 1. The maximum atomic E-state index is 14.2. The molecule has 1 fully saturated rings. The van der Waals surface area contributed by atoms with Crippen molar-refractivity contribution in [1.29, 1.82) is 0 Å². The van der Waals surface area contributed by atoms with Gasteiger partial charge >= 0.3 is 0 Å². The number of hydrogen-bond donors (Lipinski definition) is 1. The van der Waals surface area contributed by atoms with Crippen LogP contribution >= 0.6 is 0 Å². The van der Waals surface area contributed by atoms with E-state index in [2.05, 4.69) is 0 Å². The summed E-state index contributed by atoms with van der Waals surface area (Å²) >= 11 is 0. The van der Waals surface area contributed by atoms with Crippen LogP contribution in [0.25, 0.3) is 0 Å². The lowest BCUT2D eigenvalue weighted by Gasteiger charge is -2.41. The first-order chi connectivity index (χ1) is 11.8. The summed E-state index contributed by atoms with van der Waals surface area (Å²) in [7, 11) is 1.24. The van der Waals surface area contributed by atoms with E-state index in [0.29, 0.717) is 25.9 Å². The number of halogens is 2. The fraction of sp³-hybridized carbons (Fsp3) is 0.526. The van der Waals surface area contributed by atoms with Crippen LogP contribution in [-0.4, -0.2) is 42.7 Å². The SMILES string of the molecule is COc1ccc(C(=O)N2CCCC(CO)(CC=C(C)C)C2)c(F)c1F. The zero-order valence-corrected chi connectivity index (χ0v) is 14.9. The van der Waals surface area contributed by atoms with Crippen LogP contribution in [0.4, 0.5) is 8.78 Å². The molecule has 1 aliphatic heterocycles. The molecule has 138 valence electrons. The Morgan fingerprint density at radius 2 is 2.08 bits per heavy atom. The van der Waals surface area contributed by atoms with Gasteiger partial charge < -0.3 is 14.7 Å². The number of amides is 1. The lowest BCUT2D eigenvalue weighted by molar-refractivity contribution is 0.0280. The van der Waals surface area contributed by atoms with Crippen LogP contribution < -0.4 is 4.74 Å². The summed E-state index contributed by atoms with van der Waals surface area (Å²) in [5.74, 6) is -3.16. The average molecular weight is 353 g/mol. The van der Waals surface area contributed by atoms with Gasteiger partial charge in [-0.05, 0) is 45.2 Å². The molecule has 0 aromatic heterocycles. The summed E-state index contributed by atoms with van der Waals surface area (Å²) in [5.41, 5.74) is 0.390. The number of ether oxygens (including phenoxy) is 1. The van der Waals surface area contributed by atoms with E-state index in [9.17, 15) is 18.7 Å². The second-order valence-corrected chi connectivity index (χ2v) is 6.92. The van der Waals surface area contributed by atoms with Gasteiger partial charge in [0.05, 0.1) is 19.3 Å². The van der Waals surface area contributed by atoms with Crippen molar-refractivity contribution in [2.75, 3.05) is 26.8 Å². The molecule has 4 nitrogen and oxygen atoms in total. The van der Waals surface area contributed by atoms with Crippen molar-refractivity contribution in [2.24, 2.45) is 5.41 Å². The van der Waals surface area contributed by atoms with Crippen LogP contribution in [0.3, 0.4) is 0 Å². The number of rotatable bonds is 5. The predicted octanol–water partition coefficient (Wildman–Crippen LogP) is 3.54. The Morgan fingerprint density at radius 3 is 2.68 bits per heavy atom. The normalized spacial score (nSPS) is 20.3. The predicted molar refractivity (Wildman–Crippen MR) is 91.6 cm³/mol. The van der Waals surface area contributed by atoms with E-state index in [4.69, 9.17) is 4.74 Å². The van der Waals surface area contributed by atoms with Crippen LogP contribution in [0, 0.1) is 17.0 Å². The number of piperidine rings is 1. The maximum absolute atomic E-state index is 14.2. The number of allylic oxidation sites excluding steroid dienone is 2. The molecule has 1 aromatic rings. The Hall–Kier alpha value is -1.95. The molecular weight excluding hydrogens is 328 g/mol. The molecule has 0 radical (unpaired) electrons. The molecular formula is C19H25F2NO3. The molecule has 0 spiro atoms. The van der Waals surface area contributed by atoms with E-state index in [1.807, 2.05) is 19.9 Å². The van der Waals surface area contributed by atoms with Crippen molar-refractivity contribution >= 4 is 5.91 Å². The van der Waals surface area contributed by atoms with Crippen molar-refractivity contribution in [1.82, 2.24) is 4.90 Å². The number of aliphatic hydroxyl groups excluding tert-OH is 1. The zero-order valence-electron chi connectivity index (χ0n) is 14.9. The highest BCUT2D eigenvalue weighted by Gasteiger charge is 2.37. The van der Waals surface area contributed by atoms with Crippen LogP contribution in [0.2, 0.25) is 0 Å². The monoisotopic (exact) mass is 353 g/mol. The smallest absolute Gasteiger partial charge is 0.256 e. The fourth-order valence-corrected chi connectivity index (χ4v) is 3.19. The Balaban J connectivity index is 2.25. The number of benzene rings is 1. The molecule has 0 aliphatic carbocycles. The minimum atomic E-state index is -1.20. The van der Waals surface area contributed by atoms with E-state index in [0.717, 1.165) is 12.0 Å². The van der Waals surface area contributed by atoms with Gasteiger partial charge in [-0.15, -0.1) is 0 Å². The van der Waals surface area contributed by atoms with E-state index in [1.165, 1.54) is 24.1 Å². The van der Waals surface area contributed by atoms with Gasteiger partial charge in [0.2, 0.25) is 5.82 Å². The van der Waals surface area contributed by atoms with Crippen LogP contribution in [-0.2, 0) is 0 Å². The highest BCUT2D eigenvalue weighted by molar-refractivity contribution is 5.94. The molecule has 1 saturated heterocycles. The molecule has 1 atom stereocenters. The zero-order chi connectivity index (χ0) is 18.6. The van der Waals surface area contributed by atoms with Crippen LogP contribution in [0.5, 0.6) is 5.75 Å². The second-order valence-electron chi connectivity index (χ2n) is 6.92. The highest BCUT2D eigenvalue weighted by atomic mass is 19.2. The van der Waals surface area contributed by atoms with Crippen molar-refractivity contribution < 1.29 is 23.4 Å². The van der Waals surface area contributed by atoms with Crippen LogP contribution in [0.15, 0.2) is 23.8 Å². The lowest BCUT2D eigenvalue weighted by Crippen LogP contribution is -2.48. The first-order valence-corrected chi connectivity index (χ1v) is 8.39. The van der Waals surface area contributed by atoms with Gasteiger partial charge in [-0.2, -0.15) is 4.39 Å². The van der Waals surface area contributed by atoms with Gasteiger partial charge in [0.1, 0.15) is 0 Å². The molecule has 0 saturated carbocycles. The van der Waals surface area contributed by atoms with Gasteiger partial charge in [0.15, 0.2) is 11.6 Å². The van der Waals surface area contributed by atoms with E-state index in [1.54, 1.807) is 0 Å². The highest BCUT2D eigenvalue weighted by Crippen LogP contribution is 2.35. The molecule has 0 bridgehead atoms. The van der Waals surface area contributed by atoms with Crippen molar-refractivity contribution in [3.05, 3.63) is 41.0 Å². The summed E-state index contributed by atoms with van der Waals surface area (Å²) in [6.07, 6.45) is 4.19. The van der Waals surface area contributed by atoms with E-state index in [-0.39, 0.29) is 17.9 Å². The Kier molecular flexibility index (Phi) is 6.16. The molecule has 2 rings (SSSR count). The van der Waals surface area contributed by atoms with Gasteiger partial charge in [0, 0.05) is 18.5 Å². The number of aliphatic hydroxyl groups is 1. The molecule has 1 aliphatic rings. The first kappa shape index (κ1) is 19.4. The van der Waals surface area contributed by atoms with Gasteiger partial charge in [0.25, 0.3) is 5.91 Å². The van der Waals surface area contributed by atoms with Gasteiger partial charge in [-0.3, -0.25) is 4.79 Å². The van der Waals surface area contributed by atoms with Crippen molar-refractivity contribution in [3.8, 4) is 5.75 Å². The number of nitrogens with zero attached hydrogens (tertiary/aromatic N) is 1. The molecule has 1 heterocycles. The van der Waals surface area contributed by atoms with Crippen molar-refractivity contribution in [2.45, 2.75) is 33.1 Å². The van der Waals surface area contributed by atoms with Crippen LogP contribution in [0.1, 0.15) is 43.5 Å². The van der Waals surface area contributed by atoms with E-state index < -0.39 is 23.0 Å². The third-order valence-electron chi connectivity index (χ3n) is 4.72. The number of methoxy groups -OCH3 is 1. The quantitative estimate of drug-likeness (QED) is 0.824. The summed E-state index contributed by atoms with van der Waals surface area (Å²) < 4.78 is 32.9. The van der Waals surface area contributed by atoms with Crippen molar-refractivity contribution in [3.63, 3.8) is 0 Å². The Labute approximate surface area is 147 Å². The number of hydrogen-bond acceptors (Lipinski definition) is 3. The fourth-order valence-electron chi connectivity index (χ4n) is 3.19. The standard InChI is InChI=1S/C19H25F2NO3/c1-13(2)7-9-19(12-23)8-4-10-22(11-19)18(24)14-5-6-15(25-3)17(21)16(14)20/h5-7,23H,4,8-12H2,1-3H3. The third-order valence-corrected chi connectivity index (χ3v) is 4.72. The topological polar surface area (TPSA) is 49.8 Å². The number of likely N-dealkylation sites (tertiary alicyclic amines) is 1. The molecule has 1 amide bonds. The lowest BCUT2D eigenvalue weighted by atomic mass is 9.77. The summed E-state index contributed by atoms with van der Waals surface area (Å²) in [6.45, 7) is 4.68. The average Bonchev–Trinajstić information content (AvgIpc) is 2.62. The Morgan fingerprint density at radius 1 is 1.36 bits per heavy atom. The summed E-state index contributed by atoms with van der Waals surface area (Å²) in [6, 6.07) is 2.49. The second kappa shape index (κ2) is 7.95. The third kappa shape index (κ3) is 4.18. The minimum Gasteiger partial charge on any atom is -0.494 e. The summed E-state index contributed by atoms with van der Waals surface area (Å²) in [4.78, 5) is 14.2. The summed E-state index contributed by atoms with van der Waals surface area (Å²) in [5, 5.41) is 9.87. The maximum Gasteiger partial charge on any atom is 0.256 e.